The smallest absolute Gasteiger partial charge is 0.228 e. The number of hydrogen-bond acceptors (Lipinski definition) is 2. The number of amides is 1. The lowest BCUT2D eigenvalue weighted by atomic mass is 10.2. The molecule has 120 valence electrons. The SMILES string of the molecule is CC(=O)N(c1ccccc1)c1cc(F)ccc1Oc1ccccc1. The normalized spacial score (nSPS) is 10.2. The third-order valence-electron chi connectivity index (χ3n) is 3.46. The van der Waals surface area contributed by atoms with Crippen molar-refractivity contribution in [3.8, 4) is 11.5 Å². The minimum atomic E-state index is -0.437. The predicted octanol–water partition coefficient (Wildman–Crippen LogP) is 5.30. The molecule has 3 aromatic carbocycles. The summed E-state index contributed by atoms with van der Waals surface area (Å²) in [5.74, 6) is 0.348. The zero-order chi connectivity index (χ0) is 16.9. The molecule has 0 saturated heterocycles. The second-order valence-electron chi connectivity index (χ2n) is 5.22. The number of halogens is 1. The highest BCUT2D eigenvalue weighted by molar-refractivity contribution is 6.00. The van der Waals surface area contributed by atoms with Crippen molar-refractivity contribution in [3.05, 3.63) is 84.7 Å². The van der Waals surface area contributed by atoms with E-state index in [1.54, 1.807) is 24.3 Å². The Bertz CT molecular complexity index is 835. The topological polar surface area (TPSA) is 29.5 Å². The fraction of sp³-hybridized carbons (Fsp3) is 0.0500. The fourth-order valence-corrected chi connectivity index (χ4v) is 2.43. The number of carbonyl (C=O) groups excluding carboxylic acids is 1. The lowest BCUT2D eigenvalue weighted by molar-refractivity contribution is -0.115. The second kappa shape index (κ2) is 6.96. The molecule has 4 heteroatoms. The van der Waals surface area contributed by atoms with Crippen molar-refractivity contribution in [1.82, 2.24) is 0 Å². The number of rotatable bonds is 4. The van der Waals surface area contributed by atoms with Crippen LogP contribution in [0, 0.1) is 5.82 Å². The maximum absolute atomic E-state index is 13.8. The van der Waals surface area contributed by atoms with E-state index in [0.717, 1.165) is 0 Å². The van der Waals surface area contributed by atoms with Crippen LogP contribution in [0.15, 0.2) is 78.9 Å². The van der Waals surface area contributed by atoms with Crippen LogP contribution in [0.2, 0.25) is 0 Å². The van der Waals surface area contributed by atoms with Gasteiger partial charge in [0.2, 0.25) is 5.91 Å². The molecular formula is C20H16FNO2. The first-order valence-electron chi connectivity index (χ1n) is 7.53. The maximum Gasteiger partial charge on any atom is 0.228 e. The zero-order valence-corrected chi connectivity index (χ0v) is 13.1. The van der Waals surface area contributed by atoms with Gasteiger partial charge in [-0.1, -0.05) is 36.4 Å². The van der Waals surface area contributed by atoms with Gasteiger partial charge < -0.3 is 4.74 Å². The van der Waals surface area contributed by atoms with Crippen LogP contribution in [0.4, 0.5) is 15.8 Å². The first-order valence-corrected chi connectivity index (χ1v) is 7.53. The van der Waals surface area contributed by atoms with Crippen LogP contribution in [0.3, 0.4) is 0 Å². The number of nitrogens with zero attached hydrogens (tertiary/aromatic N) is 1. The van der Waals surface area contributed by atoms with Gasteiger partial charge in [-0.3, -0.25) is 9.69 Å². The van der Waals surface area contributed by atoms with Gasteiger partial charge in [-0.05, 0) is 36.4 Å². The van der Waals surface area contributed by atoms with E-state index in [-0.39, 0.29) is 5.91 Å². The average molecular weight is 321 g/mol. The van der Waals surface area contributed by atoms with Gasteiger partial charge in [-0.2, -0.15) is 0 Å². The minimum Gasteiger partial charge on any atom is -0.455 e. The van der Waals surface area contributed by atoms with Gasteiger partial charge in [-0.15, -0.1) is 0 Å². The largest absolute Gasteiger partial charge is 0.455 e. The Morgan fingerprint density at radius 2 is 1.54 bits per heavy atom. The zero-order valence-electron chi connectivity index (χ0n) is 13.1. The molecule has 0 atom stereocenters. The first-order chi connectivity index (χ1) is 11.6. The summed E-state index contributed by atoms with van der Waals surface area (Å²) in [6.07, 6.45) is 0. The van der Waals surface area contributed by atoms with E-state index in [4.69, 9.17) is 4.74 Å². The van der Waals surface area contributed by atoms with Crippen LogP contribution in [-0.2, 0) is 4.79 Å². The Morgan fingerprint density at radius 3 is 2.17 bits per heavy atom. The number of benzene rings is 3. The Kier molecular flexibility index (Phi) is 4.57. The average Bonchev–Trinajstić information content (AvgIpc) is 2.59. The fourth-order valence-electron chi connectivity index (χ4n) is 2.43. The molecule has 0 N–H and O–H groups in total. The third-order valence-corrected chi connectivity index (χ3v) is 3.46. The summed E-state index contributed by atoms with van der Waals surface area (Å²) < 4.78 is 19.7. The minimum absolute atomic E-state index is 0.232. The molecule has 1 amide bonds. The maximum atomic E-state index is 13.8. The van der Waals surface area contributed by atoms with Crippen molar-refractivity contribution < 1.29 is 13.9 Å². The molecule has 0 aliphatic heterocycles. The molecule has 0 saturated carbocycles. The van der Waals surface area contributed by atoms with Crippen molar-refractivity contribution in [2.45, 2.75) is 6.92 Å². The van der Waals surface area contributed by atoms with Crippen LogP contribution in [0.1, 0.15) is 6.92 Å². The van der Waals surface area contributed by atoms with Gasteiger partial charge in [0, 0.05) is 18.7 Å². The van der Waals surface area contributed by atoms with E-state index in [9.17, 15) is 9.18 Å². The van der Waals surface area contributed by atoms with Crippen LogP contribution in [0.5, 0.6) is 11.5 Å². The van der Waals surface area contributed by atoms with Crippen LogP contribution in [-0.4, -0.2) is 5.91 Å². The first kappa shape index (κ1) is 15.7. The quantitative estimate of drug-likeness (QED) is 0.652. The summed E-state index contributed by atoms with van der Waals surface area (Å²) in [4.78, 5) is 13.6. The molecule has 0 fully saturated rings. The van der Waals surface area contributed by atoms with Crippen LogP contribution in [0.25, 0.3) is 0 Å². The van der Waals surface area contributed by atoms with E-state index >= 15 is 0 Å². The van der Waals surface area contributed by atoms with Gasteiger partial charge in [0.05, 0.1) is 5.69 Å². The van der Waals surface area contributed by atoms with Crippen molar-refractivity contribution in [2.75, 3.05) is 4.90 Å². The molecule has 0 aliphatic rings. The molecule has 24 heavy (non-hydrogen) atoms. The standard InChI is InChI=1S/C20H16FNO2/c1-15(23)22(17-8-4-2-5-9-17)19-14-16(21)12-13-20(19)24-18-10-6-3-7-11-18/h2-14H,1H3. The lowest BCUT2D eigenvalue weighted by Crippen LogP contribution is -2.23. The molecule has 0 bridgehead atoms. The second-order valence-corrected chi connectivity index (χ2v) is 5.22. The lowest BCUT2D eigenvalue weighted by Gasteiger charge is -2.24. The Labute approximate surface area is 139 Å². The molecule has 0 spiro atoms. The third kappa shape index (κ3) is 3.43. The number of carbonyl (C=O) groups is 1. The van der Waals surface area contributed by atoms with Gasteiger partial charge in [0.25, 0.3) is 0 Å². The van der Waals surface area contributed by atoms with E-state index in [2.05, 4.69) is 0 Å². The van der Waals surface area contributed by atoms with Crippen molar-refractivity contribution in [1.29, 1.82) is 0 Å². The highest BCUT2D eigenvalue weighted by atomic mass is 19.1. The molecule has 3 rings (SSSR count). The predicted molar refractivity (Wildman–Crippen MR) is 92.2 cm³/mol. The Hall–Kier alpha value is -3.14. The van der Waals surface area contributed by atoms with Crippen molar-refractivity contribution >= 4 is 17.3 Å². The molecule has 0 aromatic heterocycles. The number of hydrogen-bond donors (Lipinski definition) is 0. The Morgan fingerprint density at radius 1 is 0.917 bits per heavy atom. The number of para-hydroxylation sites is 2. The highest BCUT2D eigenvalue weighted by Crippen LogP contribution is 2.37. The Balaban J connectivity index is 2.07. The molecule has 0 unspecified atom stereocenters. The van der Waals surface area contributed by atoms with E-state index in [0.29, 0.717) is 22.9 Å². The molecular weight excluding hydrogens is 305 g/mol. The van der Waals surface area contributed by atoms with Gasteiger partial charge in [0.1, 0.15) is 11.6 Å². The summed E-state index contributed by atoms with van der Waals surface area (Å²) in [7, 11) is 0. The van der Waals surface area contributed by atoms with Crippen molar-refractivity contribution in [2.24, 2.45) is 0 Å². The summed E-state index contributed by atoms with van der Waals surface area (Å²) in [5, 5.41) is 0. The van der Waals surface area contributed by atoms with Crippen LogP contribution >= 0.6 is 0 Å². The summed E-state index contributed by atoms with van der Waals surface area (Å²) >= 11 is 0. The molecule has 0 heterocycles. The summed E-state index contributed by atoms with van der Waals surface area (Å²) in [6, 6.07) is 22.4. The summed E-state index contributed by atoms with van der Waals surface area (Å²) in [5.41, 5.74) is 1.01. The van der Waals surface area contributed by atoms with Gasteiger partial charge >= 0.3 is 0 Å². The van der Waals surface area contributed by atoms with Crippen LogP contribution < -0.4 is 9.64 Å². The number of ether oxygens (including phenoxy) is 1. The van der Waals surface area contributed by atoms with E-state index in [1.165, 1.54) is 30.0 Å². The van der Waals surface area contributed by atoms with Gasteiger partial charge in [-0.25, -0.2) is 4.39 Å². The molecule has 3 nitrogen and oxygen atoms in total. The molecule has 0 radical (unpaired) electrons. The summed E-state index contributed by atoms with van der Waals surface area (Å²) in [6.45, 7) is 1.43. The van der Waals surface area contributed by atoms with E-state index in [1.807, 2.05) is 36.4 Å². The molecule has 3 aromatic rings. The van der Waals surface area contributed by atoms with E-state index < -0.39 is 5.82 Å². The highest BCUT2D eigenvalue weighted by Gasteiger charge is 2.19. The molecule has 0 aliphatic carbocycles. The van der Waals surface area contributed by atoms with Gasteiger partial charge in [0.15, 0.2) is 5.75 Å². The monoisotopic (exact) mass is 321 g/mol. The number of anilines is 2. The van der Waals surface area contributed by atoms with Crippen molar-refractivity contribution in [3.63, 3.8) is 0 Å².